The molecule has 1 saturated carbocycles. The van der Waals surface area contributed by atoms with E-state index in [2.05, 4.69) is 10.6 Å². The maximum atomic E-state index is 12.5. The second-order valence-electron chi connectivity index (χ2n) is 6.46. The Morgan fingerprint density at radius 1 is 0.880 bits per heavy atom. The molecular weight excluding hydrogens is 316 g/mol. The Bertz CT molecular complexity index is 746. The molecule has 130 valence electrons. The van der Waals surface area contributed by atoms with Crippen LogP contribution in [0.15, 0.2) is 54.6 Å². The number of hydrogen-bond donors (Lipinski definition) is 3. The molecule has 0 aliphatic heterocycles. The van der Waals surface area contributed by atoms with Crippen LogP contribution in [0, 0.1) is 11.8 Å². The molecule has 0 bridgehead atoms. The largest absolute Gasteiger partial charge is 0.481 e. The van der Waals surface area contributed by atoms with E-state index in [-0.39, 0.29) is 11.8 Å². The third kappa shape index (κ3) is 4.59. The Kier molecular flexibility index (Phi) is 5.33. The van der Waals surface area contributed by atoms with Crippen molar-refractivity contribution < 1.29 is 14.7 Å². The van der Waals surface area contributed by atoms with Crippen LogP contribution in [0.3, 0.4) is 0 Å². The summed E-state index contributed by atoms with van der Waals surface area (Å²) in [7, 11) is 0. The number of hydrogen-bond acceptors (Lipinski definition) is 3. The Labute approximate surface area is 147 Å². The van der Waals surface area contributed by atoms with E-state index in [1.807, 2.05) is 54.6 Å². The number of carbonyl (C=O) groups is 2. The van der Waals surface area contributed by atoms with Gasteiger partial charge in [0.15, 0.2) is 0 Å². The zero-order chi connectivity index (χ0) is 17.6. The summed E-state index contributed by atoms with van der Waals surface area (Å²) in [6.45, 7) is 0. The van der Waals surface area contributed by atoms with Gasteiger partial charge in [-0.15, -0.1) is 0 Å². The highest BCUT2D eigenvalue weighted by atomic mass is 16.4. The standard InChI is InChI=1S/C20H22N2O3/c23-19(14-6-4-7-15(12-14)20(24)25)22-18-11-5-10-17(13-18)21-16-8-2-1-3-9-16/h1-3,5,8-11,13-15,21H,4,6-7,12H2,(H,22,23)(H,24,25). The topological polar surface area (TPSA) is 78.4 Å². The van der Waals surface area contributed by atoms with Crippen molar-refractivity contribution in [2.45, 2.75) is 25.7 Å². The van der Waals surface area contributed by atoms with Gasteiger partial charge in [0.05, 0.1) is 5.92 Å². The van der Waals surface area contributed by atoms with Gasteiger partial charge in [-0.2, -0.15) is 0 Å². The molecule has 3 rings (SSSR count). The maximum Gasteiger partial charge on any atom is 0.306 e. The van der Waals surface area contributed by atoms with Gasteiger partial charge in [-0.25, -0.2) is 0 Å². The molecule has 2 aromatic carbocycles. The molecule has 1 aliphatic rings. The number of aliphatic carboxylic acids is 1. The van der Waals surface area contributed by atoms with Crippen molar-refractivity contribution in [1.29, 1.82) is 0 Å². The second kappa shape index (κ2) is 7.83. The molecule has 2 unspecified atom stereocenters. The minimum absolute atomic E-state index is 0.0946. The molecule has 2 aromatic rings. The minimum Gasteiger partial charge on any atom is -0.481 e. The van der Waals surface area contributed by atoms with E-state index < -0.39 is 11.9 Å². The van der Waals surface area contributed by atoms with Crippen LogP contribution in [-0.4, -0.2) is 17.0 Å². The first-order chi connectivity index (χ1) is 12.1. The van der Waals surface area contributed by atoms with Gasteiger partial charge in [0, 0.05) is 23.0 Å². The van der Waals surface area contributed by atoms with Gasteiger partial charge in [-0.3, -0.25) is 9.59 Å². The lowest BCUT2D eigenvalue weighted by Gasteiger charge is -2.25. The average Bonchev–Trinajstić information content (AvgIpc) is 2.63. The molecule has 0 saturated heterocycles. The summed E-state index contributed by atoms with van der Waals surface area (Å²) < 4.78 is 0. The molecule has 5 heteroatoms. The first-order valence-electron chi connectivity index (χ1n) is 8.57. The van der Waals surface area contributed by atoms with Crippen molar-refractivity contribution in [3.05, 3.63) is 54.6 Å². The normalized spacial score (nSPS) is 19.8. The van der Waals surface area contributed by atoms with Gasteiger partial charge >= 0.3 is 5.97 Å². The van der Waals surface area contributed by atoms with Gasteiger partial charge in [0.1, 0.15) is 0 Å². The van der Waals surface area contributed by atoms with Crippen LogP contribution in [-0.2, 0) is 9.59 Å². The van der Waals surface area contributed by atoms with E-state index >= 15 is 0 Å². The zero-order valence-corrected chi connectivity index (χ0v) is 13.9. The second-order valence-corrected chi connectivity index (χ2v) is 6.46. The lowest BCUT2D eigenvalue weighted by Crippen LogP contribution is -2.30. The molecule has 3 N–H and O–H groups in total. The van der Waals surface area contributed by atoms with Crippen LogP contribution < -0.4 is 10.6 Å². The van der Waals surface area contributed by atoms with Crippen LogP contribution >= 0.6 is 0 Å². The third-order valence-corrected chi connectivity index (χ3v) is 4.59. The number of benzene rings is 2. The van der Waals surface area contributed by atoms with Gasteiger partial charge in [-0.1, -0.05) is 30.7 Å². The van der Waals surface area contributed by atoms with E-state index in [0.717, 1.165) is 24.2 Å². The average molecular weight is 338 g/mol. The summed E-state index contributed by atoms with van der Waals surface area (Å²) in [4.78, 5) is 23.6. The van der Waals surface area contributed by atoms with Crippen molar-refractivity contribution in [2.24, 2.45) is 11.8 Å². The summed E-state index contributed by atoms with van der Waals surface area (Å²) >= 11 is 0. The Morgan fingerprint density at radius 2 is 1.56 bits per heavy atom. The molecule has 25 heavy (non-hydrogen) atoms. The van der Waals surface area contributed by atoms with Gasteiger partial charge in [0.2, 0.25) is 5.91 Å². The smallest absolute Gasteiger partial charge is 0.306 e. The summed E-state index contributed by atoms with van der Waals surface area (Å²) in [6.07, 6.45) is 2.61. The number of carbonyl (C=O) groups excluding carboxylic acids is 1. The Balaban J connectivity index is 1.63. The Hall–Kier alpha value is -2.82. The van der Waals surface area contributed by atoms with Crippen molar-refractivity contribution >= 4 is 28.9 Å². The number of rotatable bonds is 5. The van der Waals surface area contributed by atoms with E-state index in [4.69, 9.17) is 5.11 Å². The van der Waals surface area contributed by atoms with Crippen LogP contribution in [0.1, 0.15) is 25.7 Å². The summed E-state index contributed by atoms with van der Waals surface area (Å²) in [6, 6.07) is 17.3. The molecule has 0 spiro atoms. The number of carboxylic acids is 1. The van der Waals surface area contributed by atoms with Crippen LogP contribution in [0.5, 0.6) is 0 Å². The fourth-order valence-corrected chi connectivity index (χ4v) is 3.26. The van der Waals surface area contributed by atoms with Gasteiger partial charge in [-0.05, 0) is 49.6 Å². The van der Waals surface area contributed by atoms with Crippen LogP contribution in [0.2, 0.25) is 0 Å². The Morgan fingerprint density at radius 3 is 2.32 bits per heavy atom. The molecule has 5 nitrogen and oxygen atoms in total. The fraction of sp³-hybridized carbons (Fsp3) is 0.300. The maximum absolute atomic E-state index is 12.5. The summed E-state index contributed by atoms with van der Waals surface area (Å²) in [5.41, 5.74) is 2.57. The third-order valence-electron chi connectivity index (χ3n) is 4.59. The van der Waals surface area contributed by atoms with Crippen molar-refractivity contribution in [1.82, 2.24) is 0 Å². The van der Waals surface area contributed by atoms with E-state index in [0.29, 0.717) is 18.5 Å². The molecule has 1 amide bonds. The first kappa shape index (κ1) is 17.0. The summed E-state index contributed by atoms with van der Waals surface area (Å²) in [5, 5.41) is 15.4. The fourth-order valence-electron chi connectivity index (χ4n) is 3.26. The molecule has 0 heterocycles. The first-order valence-corrected chi connectivity index (χ1v) is 8.57. The monoisotopic (exact) mass is 338 g/mol. The number of amides is 1. The molecule has 1 fully saturated rings. The van der Waals surface area contributed by atoms with Crippen LogP contribution in [0.4, 0.5) is 17.1 Å². The number of nitrogens with one attached hydrogen (secondary N) is 2. The predicted molar refractivity (Wildman–Crippen MR) is 97.9 cm³/mol. The number of anilines is 3. The summed E-state index contributed by atoms with van der Waals surface area (Å²) in [5.74, 6) is -1.54. The number of carboxylic acid groups (broad SMARTS) is 1. The van der Waals surface area contributed by atoms with Crippen molar-refractivity contribution in [2.75, 3.05) is 10.6 Å². The number of para-hydroxylation sites is 1. The van der Waals surface area contributed by atoms with Gasteiger partial charge < -0.3 is 15.7 Å². The highest BCUT2D eigenvalue weighted by Gasteiger charge is 2.31. The van der Waals surface area contributed by atoms with E-state index in [9.17, 15) is 9.59 Å². The lowest BCUT2D eigenvalue weighted by molar-refractivity contribution is -0.143. The lowest BCUT2D eigenvalue weighted by atomic mass is 9.81. The minimum atomic E-state index is -0.799. The van der Waals surface area contributed by atoms with Crippen LogP contribution in [0.25, 0.3) is 0 Å². The molecule has 0 radical (unpaired) electrons. The molecule has 0 aromatic heterocycles. The highest BCUT2D eigenvalue weighted by molar-refractivity contribution is 5.93. The zero-order valence-electron chi connectivity index (χ0n) is 13.9. The SMILES string of the molecule is O=C(O)C1CCCC(C(=O)Nc2cccc(Nc3ccccc3)c2)C1. The van der Waals surface area contributed by atoms with Crippen molar-refractivity contribution in [3.63, 3.8) is 0 Å². The highest BCUT2D eigenvalue weighted by Crippen LogP contribution is 2.30. The predicted octanol–water partition coefficient (Wildman–Crippen LogP) is 4.26. The van der Waals surface area contributed by atoms with E-state index in [1.54, 1.807) is 0 Å². The quantitative estimate of drug-likeness (QED) is 0.761. The molecule has 2 atom stereocenters. The molecule has 1 aliphatic carbocycles. The van der Waals surface area contributed by atoms with Crippen molar-refractivity contribution in [3.8, 4) is 0 Å². The molecular formula is C20H22N2O3. The van der Waals surface area contributed by atoms with E-state index in [1.165, 1.54) is 0 Å². The van der Waals surface area contributed by atoms with Gasteiger partial charge in [0.25, 0.3) is 0 Å².